The summed E-state index contributed by atoms with van der Waals surface area (Å²) < 4.78 is 7.92. The predicted molar refractivity (Wildman–Crippen MR) is 53.0 cm³/mol. The number of hydrogen-bond donors (Lipinski definition) is 1. The van der Waals surface area contributed by atoms with Crippen molar-refractivity contribution in [1.29, 1.82) is 0 Å². The molecule has 1 heterocycles. The molecule has 0 radical (unpaired) electrons. The first kappa shape index (κ1) is 10.4. The second-order valence-electron chi connectivity index (χ2n) is 2.73. The van der Waals surface area contributed by atoms with Crippen LogP contribution in [0.15, 0.2) is 0 Å². The lowest BCUT2D eigenvalue weighted by molar-refractivity contribution is 0.125. The molecule has 0 spiro atoms. The molecule has 0 bridgehead atoms. The van der Waals surface area contributed by atoms with Gasteiger partial charge >= 0.3 is 0 Å². The van der Waals surface area contributed by atoms with Crippen LogP contribution in [0, 0.1) is 4.77 Å². The summed E-state index contributed by atoms with van der Waals surface area (Å²) in [6.45, 7) is 6.21. The molecule has 13 heavy (non-hydrogen) atoms. The number of rotatable bonds is 5. The molecule has 0 saturated heterocycles. The summed E-state index contributed by atoms with van der Waals surface area (Å²) in [6.07, 6.45) is 1.05. The van der Waals surface area contributed by atoms with Gasteiger partial charge in [0.15, 0.2) is 10.6 Å². The molecule has 4 nitrogen and oxygen atoms in total. The Balaban J connectivity index is 2.74. The zero-order valence-electron chi connectivity index (χ0n) is 8.04. The Bertz CT molecular complexity index is 305. The molecule has 0 amide bonds. The monoisotopic (exact) mass is 201 g/mol. The van der Waals surface area contributed by atoms with E-state index in [1.165, 1.54) is 0 Å². The van der Waals surface area contributed by atoms with Crippen LogP contribution in [0.25, 0.3) is 0 Å². The molecule has 1 aromatic rings. The van der Waals surface area contributed by atoms with Crippen LogP contribution in [-0.2, 0) is 17.9 Å². The van der Waals surface area contributed by atoms with Crippen molar-refractivity contribution in [3.05, 3.63) is 10.6 Å². The van der Waals surface area contributed by atoms with E-state index in [9.17, 15) is 0 Å². The Morgan fingerprint density at radius 1 is 1.54 bits per heavy atom. The van der Waals surface area contributed by atoms with Crippen LogP contribution in [0.5, 0.6) is 0 Å². The van der Waals surface area contributed by atoms with Crippen molar-refractivity contribution in [2.24, 2.45) is 0 Å². The SMILES string of the molecule is CCCn1c(COCC)n[nH]c1=S. The highest BCUT2D eigenvalue weighted by Crippen LogP contribution is 2.01. The van der Waals surface area contributed by atoms with Crippen molar-refractivity contribution in [3.63, 3.8) is 0 Å². The Morgan fingerprint density at radius 3 is 2.92 bits per heavy atom. The predicted octanol–water partition coefficient (Wildman–Crippen LogP) is 1.89. The highest BCUT2D eigenvalue weighted by molar-refractivity contribution is 7.71. The standard InChI is InChI=1S/C8H15N3OS/c1-3-5-11-7(6-12-4-2)9-10-8(11)13/h3-6H2,1-2H3,(H,10,13). The summed E-state index contributed by atoms with van der Waals surface area (Å²) in [7, 11) is 0. The number of H-pyrrole nitrogens is 1. The fraction of sp³-hybridized carbons (Fsp3) is 0.750. The fourth-order valence-corrected chi connectivity index (χ4v) is 1.35. The number of aromatic nitrogens is 3. The molecular weight excluding hydrogens is 186 g/mol. The summed E-state index contributed by atoms with van der Waals surface area (Å²) in [6, 6.07) is 0. The van der Waals surface area contributed by atoms with Gasteiger partial charge in [0.05, 0.1) is 0 Å². The van der Waals surface area contributed by atoms with Gasteiger partial charge in [-0.05, 0) is 25.6 Å². The average Bonchev–Trinajstić information content (AvgIpc) is 2.46. The molecule has 0 aromatic carbocycles. The second kappa shape index (κ2) is 5.14. The van der Waals surface area contributed by atoms with Crippen LogP contribution in [0.2, 0.25) is 0 Å². The van der Waals surface area contributed by atoms with Crippen LogP contribution in [0.1, 0.15) is 26.1 Å². The van der Waals surface area contributed by atoms with Gasteiger partial charge in [-0.15, -0.1) is 0 Å². The summed E-state index contributed by atoms with van der Waals surface area (Å²) in [4.78, 5) is 0. The lowest BCUT2D eigenvalue weighted by Gasteiger charge is -2.04. The van der Waals surface area contributed by atoms with Gasteiger partial charge in [0, 0.05) is 13.2 Å². The molecular formula is C8H15N3OS. The summed E-state index contributed by atoms with van der Waals surface area (Å²) >= 11 is 5.08. The van der Waals surface area contributed by atoms with Crippen LogP contribution in [0.4, 0.5) is 0 Å². The third kappa shape index (κ3) is 2.63. The van der Waals surface area contributed by atoms with Crippen molar-refractivity contribution in [2.45, 2.75) is 33.4 Å². The number of aromatic amines is 1. The Morgan fingerprint density at radius 2 is 2.31 bits per heavy atom. The first-order chi connectivity index (χ1) is 6.29. The van der Waals surface area contributed by atoms with Crippen molar-refractivity contribution in [3.8, 4) is 0 Å². The van der Waals surface area contributed by atoms with E-state index in [4.69, 9.17) is 17.0 Å². The molecule has 0 saturated carbocycles. The van der Waals surface area contributed by atoms with Crippen LogP contribution in [0.3, 0.4) is 0 Å². The van der Waals surface area contributed by atoms with E-state index in [-0.39, 0.29) is 0 Å². The average molecular weight is 201 g/mol. The summed E-state index contributed by atoms with van der Waals surface area (Å²) in [5.74, 6) is 0.883. The van der Waals surface area contributed by atoms with Gasteiger partial charge in [-0.25, -0.2) is 0 Å². The third-order valence-electron chi connectivity index (χ3n) is 1.72. The zero-order valence-corrected chi connectivity index (χ0v) is 8.86. The molecule has 0 fully saturated rings. The molecule has 0 aliphatic heterocycles. The molecule has 0 atom stereocenters. The maximum atomic E-state index is 5.27. The maximum Gasteiger partial charge on any atom is 0.195 e. The summed E-state index contributed by atoms with van der Waals surface area (Å²) in [5.41, 5.74) is 0. The van der Waals surface area contributed by atoms with Crippen LogP contribution in [-0.4, -0.2) is 21.4 Å². The van der Waals surface area contributed by atoms with E-state index in [1.54, 1.807) is 0 Å². The van der Waals surface area contributed by atoms with Gasteiger partial charge < -0.3 is 9.30 Å². The topological polar surface area (TPSA) is 42.8 Å². The summed E-state index contributed by atoms with van der Waals surface area (Å²) in [5, 5.41) is 6.86. The molecule has 1 rings (SSSR count). The molecule has 1 aromatic heterocycles. The lowest BCUT2D eigenvalue weighted by Crippen LogP contribution is -2.05. The second-order valence-corrected chi connectivity index (χ2v) is 3.12. The molecule has 0 aliphatic carbocycles. The highest BCUT2D eigenvalue weighted by Gasteiger charge is 2.03. The minimum Gasteiger partial charge on any atom is -0.374 e. The minimum absolute atomic E-state index is 0.531. The van der Waals surface area contributed by atoms with E-state index in [2.05, 4.69) is 17.1 Å². The lowest BCUT2D eigenvalue weighted by atomic mass is 10.4. The first-order valence-corrected chi connectivity index (χ1v) is 4.92. The van der Waals surface area contributed by atoms with Crippen molar-refractivity contribution < 1.29 is 4.74 Å². The van der Waals surface area contributed by atoms with Gasteiger partial charge in [0.25, 0.3) is 0 Å². The normalized spacial score (nSPS) is 10.6. The van der Waals surface area contributed by atoms with Gasteiger partial charge in [0.2, 0.25) is 0 Å². The van der Waals surface area contributed by atoms with Gasteiger partial charge in [0.1, 0.15) is 6.61 Å². The van der Waals surface area contributed by atoms with E-state index in [0.29, 0.717) is 18.0 Å². The number of ether oxygens (including phenoxy) is 1. The molecule has 5 heteroatoms. The zero-order chi connectivity index (χ0) is 9.68. The number of nitrogens with one attached hydrogen (secondary N) is 1. The fourth-order valence-electron chi connectivity index (χ4n) is 1.11. The number of hydrogen-bond acceptors (Lipinski definition) is 3. The Kier molecular flexibility index (Phi) is 4.11. The molecule has 0 aliphatic rings. The van der Waals surface area contributed by atoms with Crippen LogP contribution < -0.4 is 0 Å². The van der Waals surface area contributed by atoms with Gasteiger partial charge in [-0.1, -0.05) is 6.92 Å². The quantitative estimate of drug-likeness (QED) is 0.740. The Labute approximate surface area is 82.9 Å². The highest BCUT2D eigenvalue weighted by atomic mass is 32.1. The van der Waals surface area contributed by atoms with E-state index >= 15 is 0 Å². The smallest absolute Gasteiger partial charge is 0.195 e. The van der Waals surface area contributed by atoms with Gasteiger partial charge in [-0.3, -0.25) is 5.10 Å². The first-order valence-electron chi connectivity index (χ1n) is 4.51. The van der Waals surface area contributed by atoms with Crippen molar-refractivity contribution in [1.82, 2.24) is 14.8 Å². The van der Waals surface area contributed by atoms with Crippen molar-refractivity contribution in [2.75, 3.05) is 6.61 Å². The van der Waals surface area contributed by atoms with Crippen molar-refractivity contribution >= 4 is 12.2 Å². The molecule has 0 unspecified atom stereocenters. The van der Waals surface area contributed by atoms with Gasteiger partial charge in [-0.2, -0.15) is 5.10 Å². The Hall–Kier alpha value is -0.680. The van der Waals surface area contributed by atoms with E-state index in [0.717, 1.165) is 18.8 Å². The van der Waals surface area contributed by atoms with E-state index < -0.39 is 0 Å². The third-order valence-corrected chi connectivity index (χ3v) is 2.03. The number of nitrogens with zero attached hydrogens (tertiary/aromatic N) is 2. The molecule has 74 valence electrons. The van der Waals surface area contributed by atoms with Crippen LogP contribution >= 0.6 is 12.2 Å². The minimum atomic E-state index is 0.531. The van der Waals surface area contributed by atoms with E-state index in [1.807, 2.05) is 11.5 Å². The maximum absolute atomic E-state index is 5.27. The largest absolute Gasteiger partial charge is 0.374 e. The molecule has 1 N–H and O–H groups in total.